The predicted molar refractivity (Wildman–Crippen MR) is 104 cm³/mol. The maximum absolute atomic E-state index is 15.1. The van der Waals surface area contributed by atoms with Crippen LogP contribution in [0.2, 0.25) is 0 Å². The molecule has 150 valence electrons. The van der Waals surface area contributed by atoms with Crippen LogP contribution in [0.25, 0.3) is 5.57 Å². The second-order valence-corrected chi connectivity index (χ2v) is 7.13. The number of aromatic nitrogens is 1. The van der Waals surface area contributed by atoms with Gasteiger partial charge in [-0.3, -0.25) is 9.78 Å². The third-order valence-corrected chi connectivity index (χ3v) is 4.00. The standard InChI is InChI=1S/C21H30FNO4/c1-9-15(20(27-21(4,5)6)19(22)14(3)25-7)16-10-11-23-13(2)17(16)12-18(24)26-8/h10-11H,9,12H2,1-8H3. The normalized spacial score (nSPS) is 13.5. The zero-order chi connectivity index (χ0) is 20.8. The zero-order valence-corrected chi connectivity index (χ0v) is 17.5. The average molecular weight is 379 g/mol. The zero-order valence-electron chi connectivity index (χ0n) is 17.5. The highest BCUT2D eigenvalue weighted by Gasteiger charge is 2.25. The number of allylic oxidation sites excluding steroid dienone is 3. The average Bonchev–Trinajstić information content (AvgIpc) is 2.61. The van der Waals surface area contributed by atoms with Gasteiger partial charge >= 0.3 is 5.97 Å². The second-order valence-electron chi connectivity index (χ2n) is 7.13. The van der Waals surface area contributed by atoms with Crippen LogP contribution in [0, 0.1) is 6.92 Å². The van der Waals surface area contributed by atoms with Gasteiger partial charge in [0.2, 0.25) is 5.83 Å². The molecule has 1 aromatic rings. The third kappa shape index (κ3) is 6.08. The number of ether oxygens (including phenoxy) is 3. The number of carbonyl (C=O) groups excluding carboxylic acids is 1. The summed E-state index contributed by atoms with van der Waals surface area (Å²) in [6.07, 6.45) is 2.18. The highest BCUT2D eigenvalue weighted by Crippen LogP contribution is 2.35. The van der Waals surface area contributed by atoms with Gasteiger partial charge in [-0.05, 0) is 58.2 Å². The number of pyridine rings is 1. The smallest absolute Gasteiger partial charge is 0.310 e. The first kappa shape index (κ1) is 22.7. The van der Waals surface area contributed by atoms with Crippen LogP contribution in [0.4, 0.5) is 4.39 Å². The van der Waals surface area contributed by atoms with Crippen LogP contribution in [0.3, 0.4) is 0 Å². The maximum atomic E-state index is 15.1. The molecule has 0 saturated heterocycles. The molecule has 0 bridgehead atoms. The SMILES string of the molecule is CCC(=C(OC(C)(C)C)C(F)=C(C)OC)c1ccnc(C)c1CC(=O)OC. The lowest BCUT2D eigenvalue weighted by molar-refractivity contribution is -0.139. The lowest BCUT2D eigenvalue weighted by atomic mass is 9.94. The summed E-state index contributed by atoms with van der Waals surface area (Å²) in [6, 6.07) is 1.77. The van der Waals surface area contributed by atoms with Crippen molar-refractivity contribution in [3.05, 3.63) is 46.4 Å². The van der Waals surface area contributed by atoms with E-state index in [9.17, 15) is 4.79 Å². The summed E-state index contributed by atoms with van der Waals surface area (Å²) >= 11 is 0. The first-order chi connectivity index (χ1) is 12.6. The summed E-state index contributed by atoms with van der Waals surface area (Å²) in [6.45, 7) is 10.8. The molecule has 0 aromatic carbocycles. The van der Waals surface area contributed by atoms with E-state index in [1.165, 1.54) is 14.2 Å². The molecule has 0 N–H and O–H groups in total. The molecule has 0 unspecified atom stereocenters. The van der Waals surface area contributed by atoms with Gasteiger partial charge in [0.15, 0.2) is 5.76 Å². The van der Waals surface area contributed by atoms with Gasteiger partial charge < -0.3 is 14.2 Å². The molecule has 0 radical (unpaired) electrons. The highest BCUT2D eigenvalue weighted by atomic mass is 19.1. The van der Waals surface area contributed by atoms with Crippen molar-refractivity contribution < 1.29 is 23.4 Å². The number of aryl methyl sites for hydroxylation is 1. The molecule has 1 aromatic heterocycles. The molecule has 0 saturated carbocycles. The fraction of sp³-hybridized carbons (Fsp3) is 0.524. The summed E-state index contributed by atoms with van der Waals surface area (Å²) in [7, 11) is 2.75. The molecule has 5 nitrogen and oxygen atoms in total. The minimum Gasteiger partial charge on any atom is -0.498 e. The van der Waals surface area contributed by atoms with E-state index >= 15 is 4.39 Å². The van der Waals surface area contributed by atoms with Gasteiger partial charge in [0, 0.05) is 17.5 Å². The van der Waals surface area contributed by atoms with Gasteiger partial charge in [0.25, 0.3) is 0 Å². The summed E-state index contributed by atoms with van der Waals surface area (Å²) in [5.74, 6) is -0.713. The molecule has 0 spiro atoms. The molecule has 1 heterocycles. The van der Waals surface area contributed by atoms with Crippen molar-refractivity contribution in [3.63, 3.8) is 0 Å². The Morgan fingerprint density at radius 3 is 2.33 bits per heavy atom. The fourth-order valence-corrected chi connectivity index (χ4v) is 2.59. The van der Waals surface area contributed by atoms with Crippen LogP contribution < -0.4 is 0 Å². The van der Waals surface area contributed by atoms with E-state index in [0.717, 1.165) is 0 Å². The molecule has 0 aliphatic rings. The number of hydrogen-bond donors (Lipinski definition) is 0. The number of halogens is 1. The quantitative estimate of drug-likeness (QED) is 0.383. The van der Waals surface area contributed by atoms with Crippen LogP contribution in [-0.2, 0) is 25.4 Å². The van der Waals surface area contributed by atoms with Gasteiger partial charge in [-0.1, -0.05) is 6.92 Å². The summed E-state index contributed by atoms with van der Waals surface area (Å²) in [5, 5.41) is 0. The lowest BCUT2D eigenvalue weighted by Gasteiger charge is -2.26. The molecule has 0 fully saturated rings. The van der Waals surface area contributed by atoms with Crippen LogP contribution in [-0.4, -0.2) is 30.8 Å². The Morgan fingerprint density at radius 2 is 1.85 bits per heavy atom. The topological polar surface area (TPSA) is 57.7 Å². The minimum atomic E-state index is -0.619. The Balaban J connectivity index is 3.77. The molecule has 0 amide bonds. The first-order valence-electron chi connectivity index (χ1n) is 8.90. The van der Waals surface area contributed by atoms with Crippen LogP contribution >= 0.6 is 0 Å². The Labute approximate surface area is 161 Å². The number of methoxy groups -OCH3 is 2. The van der Waals surface area contributed by atoms with E-state index < -0.39 is 11.4 Å². The highest BCUT2D eigenvalue weighted by molar-refractivity contribution is 5.79. The van der Waals surface area contributed by atoms with E-state index in [0.29, 0.717) is 28.8 Å². The Bertz CT molecular complexity index is 745. The summed E-state index contributed by atoms with van der Waals surface area (Å²) < 4.78 is 31.0. The molecule has 0 aliphatic carbocycles. The molecule has 1 rings (SSSR count). The van der Waals surface area contributed by atoms with Crippen molar-refractivity contribution in [2.45, 2.75) is 60.0 Å². The minimum absolute atomic E-state index is 0.0480. The number of hydrogen-bond acceptors (Lipinski definition) is 5. The largest absolute Gasteiger partial charge is 0.498 e. The van der Waals surface area contributed by atoms with E-state index in [1.54, 1.807) is 19.2 Å². The molecule has 0 atom stereocenters. The third-order valence-electron chi connectivity index (χ3n) is 4.00. The van der Waals surface area contributed by atoms with Crippen molar-refractivity contribution in [3.8, 4) is 0 Å². The molecule has 6 heteroatoms. The summed E-state index contributed by atoms with van der Waals surface area (Å²) in [5.41, 5.74) is 2.12. The maximum Gasteiger partial charge on any atom is 0.310 e. The van der Waals surface area contributed by atoms with Crippen LogP contribution in [0.1, 0.15) is 57.9 Å². The lowest BCUT2D eigenvalue weighted by Crippen LogP contribution is -2.20. The summed E-state index contributed by atoms with van der Waals surface area (Å²) in [4.78, 5) is 16.2. The first-order valence-corrected chi connectivity index (χ1v) is 8.90. The Morgan fingerprint density at radius 1 is 1.22 bits per heavy atom. The number of nitrogens with zero attached hydrogens (tertiary/aromatic N) is 1. The molecule has 27 heavy (non-hydrogen) atoms. The van der Waals surface area contributed by atoms with Crippen molar-refractivity contribution in [2.24, 2.45) is 0 Å². The van der Waals surface area contributed by atoms with E-state index in [-0.39, 0.29) is 23.9 Å². The van der Waals surface area contributed by atoms with Crippen LogP contribution in [0.15, 0.2) is 29.6 Å². The Hall–Kier alpha value is -2.37. The fourth-order valence-electron chi connectivity index (χ4n) is 2.59. The van der Waals surface area contributed by atoms with E-state index in [1.807, 2.05) is 34.6 Å². The van der Waals surface area contributed by atoms with E-state index in [2.05, 4.69) is 4.98 Å². The van der Waals surface area contributed by atoms with Gasteiger partial charge in [-0.25, -0.2) is 0 Å². The van der Waals surface area contributed by atoms with Gasteiger partial charge in [0.05, 0.1) is 20.6 Å². The van der Waals surface area contributed by atoms with Crippen molar-refractivity contribution in [1.82, 2.24) is 4.98 Å². The van der Waals surface area contributed by atoms with Crippen LogP contribution in [0.5, 0.6) is 0 Å². The van der Waals surface area contributed by atoms with Gasteiger partial charge in [-0.2, -0.15) is 4.39 Å². The molecular weight excluding hydrogens is 349 g/mol. The molecule has 0 aliphatic heterocycles. The number of rotatable bonds is 7. The van der Waals surface area contributed by atoms with Crippen molar-refractivity contribution >= 4 is 11.5 Å². The van der Waals surface area contributed by atoms with Gasteiger partial charge in [0.1, 0.15) is 11.4 Å². The number of esters is 1. The monoisotopic (exact) mass is 379 g/mol. The predicted octanol–water partition coefficient (Wildman–Crippen LogP) is 4.89. The number of carbonyl (C=O) groups is 1. The molecular formula is C21H30FNO4. The van der Waals surface area contributed by atoms with Gasteiger partial charge in [-0.15, -0.1) is 0 Å². The van der Waals surface area contributed by atoms with E-state index in [4.69, 9.17) is 14.2 Å². The van der Waals surface area contributed by atoms with Crippen molar-refractivity contribution in [1.29, 1.82) is 0 Å². The van der Waals surface area contributed by atoms with Crippen molar-refractivity contribution in [2.75, 3.05) is 14.2 Å². The Kier molecular flexibility index (Phi) is 8.00. The second kappa shape index (κ2) is 9.53.